The molecule has 100 valence electrons. The third kappa shape index (κ3) is 5.63. The first-order chi connectivity index (χ1) is 8.77. The lowest BCUT2D eigenvalue weighted by atomic mass is 10.0. The van der Waals surface area contributed by atoms with E-state index in [1.54, 1.807) is 5.57 Å². The highest BCUT2D eigenvalue weighted by molar-refractivity contribution is 8.03. The van der Waals surface area contributed by atoms with Gasteiger partial charge in [-0.05, 0) is 37.9 Å². The molecule has 1 aliphatic rings. The Bertz CT molecular complexity index is 348. The second kappa shape index (κ2) is 9.09. The van der Waals surface area contributed by atoms with Crippen molar-refractivity contribution >= 4 is 17.7 Å². The van der Waals surface area contributed by atoms with Crippen LogP contribution in [0, 0.1) is 4.91 Å². The molecule has 0 radical (unpaired) electrons. The van der Waals surface area contributed by atoms with Crippen molar-refractivity contribution in [1.29, 1.82) is 0 Å². The second-order valence-corrected chi connectivity index (χ2v) is 5.54. The van der Waals surface area contributed by atoms with Gasteiger partial charge in [0.1, 0.15) is 0 Å². The third-order valence-electron chi connectivity index (χ3n) is 3.05. The van der Waals surface area contributed by atoms with Crippen molar-refractivity contribution in [3.05, 3.63) is 27.5 Å². The molecule has 0 atom stereocenters. The van der Waals surface area contributed by atoms with Crippen LogP contribution < -0.4 is 0 Å². The number of rotatable bonds is 8. The predicted octanol–water partition coefficient (Wildman–Crippen LogP) is 4.59. The first kappa shape index (κ1) is 15.2. The maximum atomic E-state index is 10.7. The fourth-order valence-corrected chi connectivity index (χ4v) is 3.18. The summed E-state index contributed by atoms with van der Waals surface area (Å²) in [6, 6.07) is 0. The summed E-state index contributed by atoms with van der Waals surface area (Å²) in [4.78, 5) is 22.0. The van der Waals surface area contributed by atoms with Gasteiger partial charge in [-0.25, -0.2) is 0 Å². The number of nitroso groups, excluding NO2 is 1. The lowest BCUT2D eigenvalue weighted by molar-refractivity contribution is -0.118. The van der Waals surface area contributed by atoms with Gasteiger partial charge in [-0.3, -0.25) is 4.79 Å². The molecule has 0 aromatic rings. The van der Waals surface area contributed by atoms with Crippen LogP contribution in [0.4, 0.5) is 0 Å². The van der Waals surface area contributed by atoms with E-state index < -0.39 is 5.91 Å². The van der Waals surface area contributed by atoms with Crippen LogP contribution in [-0.2, 0) is 4.79 Å². The number of nitrogens with zero attached hydrogens (tertiary/aromatic N) is 1. The summed E-state index contributed by atoms with van der Waals surface area (Å²) in [5.41, 5.74) is 1.57. The number of carbonyl (C=O) groups excluding carboxylic acids is 1. The first-order valence-corrected chi connectivity index (χ1v) is 7.64. The third-order valence-corrected chi connectivity index (χ3v) is 4.28. The van der Waals surface area contributed by atoms with Crippen LogP contribution in [0.2, 0.25) is 0 Å². The molecule has 0 unspecified atom stereocenters. The van der Waals surface area contributed by atoms with E-state index in [0.29, 0.717) is 6.42 Å². The minimum absolute atomic E-state index is 0.303. The maximum absolute atomic E-state index is 10.7. The Morgan fingerprint density at radius 2 is 2.22 bits per heavy atom. The molecule has 18 heavy (non-hydrogen) atoms. The summed E-state index contributed by atoms with van der Waals surface area (Å²) in [5, 5.41) is 2.39. The van der Waals surface area contributed by atoms with Crippen molar-refractivity contribution in [1.82, 2.24) is 0 Å². The van der Waals surface area contributed by atoms with Crippen molar-refractivity contribution < 1.29 is 4.79 Å². The normalized spacial score (nSPS) is 14.9. The molecule has 1 rings (SSSR count). The molecular formula is C14H21NO2S. The Morgan fingerprint density at radius 3 is 2.94 bits per heavy atom. The van der Waals surface area contributed by atoms with E-state index in [2.05, 4.69) is 24.3 Å². The summed E-state index contributed by atoms with van der Waals surface area (Å²) in [7, 11) is 0. The monoisotopic (exact) mass is 267 g/mol. The zero-order valence-corrected chi connectivity index (χ0v) is 11.8. The largest absolute Gasteiger partial charge is 0.286 e. The highest BCUT2D eigenvalue weighted by Gasteiger charge is 2.07. The molecule has 0 fully saturated rings. The van der Waals surface area contributed by atoms with Gasteiger partial charge in [0, 0.05) is 16.5 Å². The van der Waals surface area contributed by atoms with Crippen LogP contribution in [0.3, 0.4) is 0 Å². The van der Waals surface area contributed by atoms with Crippen molar-refractivity contribution in [2.75, 3.05) is 5.75 Å². The van der Waals surface area contributed by atoms with Crippen LogP contribution in [0.1, 0.15) is 51.9 Å². The number of unbranched alkanes of at least 4 members (excludes halogenated alkanes) is 2. The molecule has 4 heteroatoms. The molecule has 0 saturated heterocycles. The van der Waals surface area contributed by atoms with Crippen LogP contribution in [-0.4, -0.2) is 11.7 Å². The summed E-state index contributed by atoms with van der Waals surface area (Å²) >= 11 is 1.92. The van der Waals surface area contributed by atoms with Crippen molar-refractivity contribution in [2.45, 2.75) is 51.9 Å². The first-order valence-electron chi connectivity index (χ1n) is 6.65. The Labute approximate surface area is 113 Å². The van der Waals surface area contributed by atoms with Gasteiger partial charge >= 0.3 is 0 Å². The second-order valence-electron chi connectivity index (χ2n) is 4.41. The summed E-state index contributed by atoms with van der Waals surface area (Å²) in [6.07, 6.45) is 11.2. The van der Waals surface area contributed by atoms with Gasteiger partial charge in [-0.2, -0.15) is 0 Å². The zero-order valence-electron chi connectivity index (χ0n) is 11.0. The highest BCUT2D eigenvalue weighted by atomic mass is 32.2. The minimum atomic E-state index is -0.520. The molecule has 0 aromatic carbocycles. The highest BCUT2D eigenvalue weighted by Crippen LogP contribution is 2.30. The molecule has 0 aromatic heterocycles. The predicted molar refractivity (Wildman–Crippen MR) is 77.4 cm³/mol. The summed E-state index contributed by atoms with van der Waals surface area (Å²) in [6.45, 7) is 2.22. The van der Waals surface area contributed by atoms with Crippen LogP contribution >= 0.6 is 11.8 Å². The van der Waals surface area contributed by atoms with E-state index in [1.165, 1.54) is 17.7 Å². The number of carbonyl (C=O) groups is 1. The Balaban J connectivity index is 2.14. The van der Waals surface area contributed by atoms with Crippen molar-refractivity contribution in [3.63, 3.8) is 0 Å². The van der Waals surface area contributed by atoms with Gasteiger partial charge in [0.05, 0.1) is 0 Å². The van der Waals surface area contributed by atoms with Gasteiger partial charge in [-0.15, -0.1) is 16.7 Å². The average molecular weight is 267 g/mol. The van der Waals surface area contributed by atoms with Crippen LogP contribution in [0.25, 0.3) is 0 Å². The Kier molecular flexibility index (Phi) is 7.65. The molecule has 0 heterocycles. The topological polar surface area (TPSA) is 46.5 Å². The minimum Gasteiger partial charge on any atom is -0.269 e. The molecule has 1 aliphatic carbocycles. The Hall–Kier alpha value is -0.900. The number of thioether (sulfide) groups is 1. The van der Waals surface area contributed by atoms with Gasteiger partial charge in [0.25, 0.3) is 5.91 Å². The smallest absolute Gasteiger partial charge is 0.269 e. The van der Waals surface area contributed by atoms with E-state index in [1.807, 2.05) is 11.8 Å². The lowest BCUT2D eigenvalue weighted by Crippen LogP contribution is -1.94. The van der Waals surface area contributed by atoms with E-state index in [0.717, 1.165) is 31.4 Å². The fourth-order valence-electron chi connectivity index (χ4n) is 1.97. The molecular weight excluding hydrogens is 246 g/mol. The molecule has 0 bridgehead atoms. The van der Waals surface area contributed by atoms with Crippen molar-refractivity contribution in [2.24, 2.45) is 5.18 Å². The van der Waals surface area contributed by atoms with E-state index in [4.69, 9.17) is 0 Å². The maximum Gasteiger partial charge on any atom is 0.286 e. The quantitative estimate of drug-likeness (QED) is 0.477. The van der Waals surface area contributed by atoms with Gasteiger partial charge in [-0.1, -0.05) is 31.1 Å². The lowest BCUT2D eigenvalue weighted by Gasteiger charge is -2.14. The fraction of sp³-hybridized carbons (Fsp3) is 0.643. The molecule has 0 spiro atoms. The molecule has 0 aliphatic heterocycles. The SMILES string of the molecule is CCC1=C(SCCCCCC(=O)N=O)C=CCC1. The average Bonchev–Trinajstić information content (AvgIpc) is 2.42. The van der Waals surface area contributed by atoms with E-state index >= 15 is 0 Å². The van der Waals surface area contributed by atoms with Gasteiger partial charge < -0.3 is 0 Å². The van der Waals surface area contributed by atoms with Crippen molar-refractivity contribution in [3.8, 4) is 0 Å². The molecule has 0 N–H and O–H groups in total. The molecule has 0 saturated carbocycles. The van der Waals surface area contributed by atoms with Gasteiger partial charge in [0.2, 0.25) is 0 Å². The number of hydrogen-bond acceptors (Lipinski definition) is 3. The Morgan fingerprint density at radius 1 is 1.39 bits per heavy atom. The zero-order chi connectivity index (χ0) is 13.2. The van der Waals surface area contributed by atoms with E-state index in [-0.39, 0.29) is 0 Å². The van der Waals surface area contributed by atoms with Gasteiger partial charge in [0.15, 0.2) is 0 Å². The summed E-state index contributed by atoms with van der Waals surface area (Å²) in [5.74, 6) is 0.570. The number of allylic oxidation sites excluding steroid dienone is 3. The van der Waals surface area contributed by atoms with Crippen LogP contribution in [0.5, 0.6) is 0 Å². The standard InChI is InChI=1S/C14H21NO2S/c1-2-12-8-5-6-9-13(12)18-11-7-3-4-10-14(16)15-17/h6,9H,2-5,7-8,10-11H2,1H3. The van der Waals surface area contributed by atoms with Crippen LogP contribution in [0.15, 0.2) is 27.8 Å². The van der Waals surface area contributed by atoms with E-state index in [9.17, 15) is 9.70 Å². The molecule has 3 nitrogen and oxygen atoms in total. The number of amides is 1. The molecule has 1 amide bonds. The summed E-state index contributed by atoms with van der Waals surface area (Å²) < 4.78 is 0. The number of hydrogen-bond donors (Lipinski definition) is 0.